The summed E-state index contributed by atoms with van der Waals surface area (Å²) in [6.45, 7) is 4.33. The van der Waals surface area contributed by atoms with Gasteiger partial charge in [-0.3, -0.25) is 4.79 Å². The predicted octanol–water partition coefficient (Wildman–Crippen LogP) is 4.93. The molecule has 2 bridgehead atoms. The molecule has 2 aliphatic carbocycles. The number of aryl methyl sites for hydroxylation is 1. The number of benzene rings is 1. The largest absolute Gasteiger partial charge is 0.353 e. The predicted molar refractivity (Wildman–Crippen MR) is 111 cm³/mol. The molecule has 1 amide bonds. The lowest BCUT2D eigenvalue weighted by Crippen LogP contribution is -2.40. The van der Waals surface area contributed by atoms with Crippen molar-refractivity contribution in [2.24, 2.45) is 17.8 Å². The molecule has 4 rings (SSSR count). The molecule has 5 heteroatoms. The van der Waals surface area contributed by atoms with Crippen molar-refractivity contribution in [2.45, 2.75) is 58.4 Å². The summed E-state index contributed by atoms with van der Waals surface area (Å²) in [4.78, 5) is 17.0. The van der Waals surface area contributed by atoms with E-state index < -0.39 is 0 Å². The van der Waals surface area contributed by atoms with Crippen LogP contribution in [0.2, 0.25) is 0 Å². The van der Waals surface area contributed by atoms with Gasteiger partial charge in [0, 0.05) is 17.1 Å². The summed E-state index contributed by atoms with van der Waals surface area (Å²) in [7, 11) is 0. The molecule has 2 N–H and O–H groups in total. The van der Waals surface area contributed by atoms with Gasteiger partial charge in [0.2, 0.25) is 5.91 Å². The lowest BCUT2D eigenvalue weighted by atomic mass is 9.84. The van der Waals surface area contributed by atoms with Gasteiger partial charge in [0.25, 0.3) is 0 Å². The van der Waals surface area contributed by atoms with E-state index >= 15 is 0 Å². The van der Waals surface area contributed by atoms with Crippen molar-refractivity contribution < 1.29 is 4.79 Å². The molecule has 2 saturated carbocycles. The first-order valence-corrected chi connectivity index (χ1v) is 11.1. The van der Waals surface area contributed by atoms with E-state index in [1.54, 1.807) is 11.3 Å². The molecule has 2 aromatic rings. The normalized spacial score (nSPS) is 24.7. The highest BCUT2D eigenvalue weighted by molar-refractivity contribution is 7.13. The maximum atomic E-state index is 12.5. The highest BCUT2D eigenvalue weighted by atomic mass is 32.1. The molecule has 2 fully saturated rings. The van der Waals surface area contributed by atoms with E-state index in [0.29, 0.717) is 12.3 Å². The van der Waals surface area contributed by atoms with Crippen LogP contribution in [0.15, 0.2) is 29.6 Å². The van der Waals surface area contributed by atoms with Crippen molar-refractivity contribution in [3.05, 3.63) is 40.9 Å². The Labute approximate surface area is 165 Å². The van der Waals surface area contributed by atoms with Gasteiger partial charge in [-0.2, -0.15) is 0 Å². The molecular formula is C22H29N3OS. The molecule has 4 unspecified atom stereocenters. The van der Waals surface area contributed by atoms with E-state index in [9.17, 15) is 4.79 Å². The van der Waals surface area contributed by atoms with Crippen molar-refractivity contribution in [1.29, 1.82) is 0 Å². The van der Waals surface area contributed by atoms with Gasteiger partial charge in [-0.05, 0) is 68.1 Å². The van der Waals surface area contributed by atoms with Crippen LogP contribution in [0.5, 0.6) is 0 Å². The fourth-order valence-corrected chi connectivity index (χ4v) is 5.61. The number of anilines is 2. The number of fused-ring (bicyclic) bond motifs is 2. The monoisotopic (exact) mass is 383 g/mol. The van der Waals surface area contributed by atoms with Crippen LogP contribution < -0.4 is 10.6 Å². The highest BCUT2D eigenvalue weighted by Crippen LogP contribution is 2.49. The van der Waals surface area contributed by atoms with E-state index in [-0.39, 0.29) is 11.9 Å². The first-order chi connectivity index (χ1) is 13.1. The standard InChI is InChI=1S/C22H29N3OS/c1-3-15-5-8-18(9-6-15)24-22-25-19(13-27-22)12-21(26)23-14(2)20-11-16-4-7-17(20)10-16/h5-6,8-9,13-14,16-17,20H,3-4,7,10-12H2,1-2H3,(H,23,26)(H,24,25). The van der Waals surface area contributed by atoms with Gasteiger partial charge in [-0.25, -0.2) is 4.98 Å². The third kappa shape index (κ3) is 4.34. The minimum Gasteiger partial charge on any atom is -0.353 e. The summed E-state index contributed by atoms with van der Waals surface area (Å²) in [5, 5.41) is 9.37. The Morgan fingerprint density at radius 2 is 2.07 bits per heavy atom. The average Bonchev–Trinajstić information content (AvgIpc) is 3.39. The van der Waals surface area contributed by atoms with E-state index in [1.807, 2.05) is 5.38 Å². The number of hydrogen-bond donors (Lipinski definition) is 2. The molecule has 4 atom stereocenters. The molecule has 2 aliphatic rings. The lowest BCUT2D eigenvalue weighted by molar-refractivity contribution is -0.121. The molecule has 0 radical (unpaired) electrons. The molecule has 1 heterocycles. The van der Waals surface area contributed by atoms with Crippen molar-refractivity contribution in [3.63, 3.8) is 0 Å². The van der Waals surface area contributed by atoms with Crippen LogP contribution in [0.3, 0.4) is 0 Å². The number of carbonyl (C=O) groups excluding carboxylic acids is 1. The number of nitrogens with one attached hydrogen (secondary N) is 2. The number of carbonyl (C=O) groups is 1. The Bertz CT molecular complexity index is 785. The Balaban J connectivity index is 1.28. The van der Waals surface area contributed by atoms with Crippen molar-refractivity contribution in [3.8, 4) is 0 Å². The van der Waals surface area contributed by atoms with E-state index in [1.165, 1.54) is 31.2 Å². The summed E-state index contributed by atoms with van der Waals surface area (Å²) in [5.74, 6) is 2.51. The first kappa shape index (κ1) is 18.5. The summed E-state index contributed by atoms with van der Waals surface area (Å²) in [6.07, 6.45) is 6.84. The smallest absolute Gasteiger partial charge is 0.226 e. The fourth-order valence-electron chi connectivity index (χ4n) is 4.88. The second kappa shape index (κ2) is 8.01. The average molecular weight is 384 g/mol. The summed E-state index contributed by atoms with van der Waals surface area (Å²) >= 11 is 1.55. The van der Waals surface area contributed by atoms with Crippen LogP contribution in [0.4, 0.5) is 10.8 Å². The minimum absolute atomic E-state index is 0.0921. The number of rotatable bonds is 7. The SMILES string of the molecule is CCc1ccc(Nc2nc(CC(=O)NC(C)C3CC4CCC3C4)cs2)cc1. The van der Waals surface area contributed by atoms with Gasteiger partial charge in [-0.1, -0.05) is 25.5 Å². The zero-order valence-corrected chi connectivity index (χ0v) is 17.0. The first-order valence-electron chi connectivity index (χ1n) is 10.2. The molecule has 4 nitrogen and oxygen atoms in total. The lowest BCUT2D eigenvalue weighted by Gasteiger charge is -2.28. The highest BCUT2D eigenvalue weighted by Gasteiger charge is 2.42. The molecule has 1 aromatic carbocycles. The Hall–Kier alpha value is -1.88. The Kier molecular flexibility index (Phi) is 5.48. The van der Waals surface area contributed by atoms with E-state index in [2.05, 4.69) is 53.7 Å². The second-order valence-corrected chi connectivity index (χ2v) is 9.05. The van der Waals surface area contributed by atoms with Crippen molar-refractivity contribution in [1.82, 2.24) is 10.3 Å². The number of nitrogens with zero attached hydrogens (tertiary/aromatic N) is 1. The zero-order valence-electron chi connectivity index (χ0n) is 16.2. The van der Waals surface area contributed by atoms with Gasteiger partial charge in [-0.15, -0.1) is 11.3 Å². The number of hydrogen-bond acceptors (Lipinski definition) is 4. The summed E-state index contributed by atoms with van der Waals surface area (Å²) < 4.78 is 0. The number of amides is 1. The molecule has 0 saturated heterocycles. The van der Waals surface area contributed by atoms with Crippen LogP contribution in [0, 0.1) is 17.8 Å². The third-order valence-corrected chi connectivity index (χ3v) is 7.14. The maximum absolute atomic E-state index is 12.5. The van der Waals surface area contributed by atoms with Crippen LogP contribution in [-0.4, -0.2) is 16.9 Å². The molecule has 144 valence electrons. The number of aromatic nitrogens is 1. The second-order valence-electron chi connectivity index (χ2n) is 8.19. The van der Waals surface area contributed by atoms with E-state index in [0.717, 1.165) is 34.8 Å². The van der Waals surface area contributed by atoms with Gasteiger partial charge < -0.3 is 10.6 Å². The topological polar surface area (TPSA) is 54.0 Å². The maximum Gasteiger partial charge on any atom is 0.226 e. The summed E-state index contributed by atoms with van der Waals surface area (Å²) in [5.41, 5.74) is 3.19. The van der Waals surface area contributed by atoms with Gasteiger partial charge in [0.15, 0.2) is 5.13 Å². The molecule has 0 aliphatic heterocycles. The van der Waals surface area contributed by atoms with E-state index in [4.69, 9.17) is 0 Å². The minimum atomic E-state index is 0.0921. The van der Waals surface area contributed by atoms with Crippen LogP contribution in [0.25, 0.3) is 0 Å². The zero-order chi connectivity index (χ0) is 18.8. The molecule has 0 spiro atoms. The van der Waals surface area contributed by atoms with Crippen LogP contribution >= 0.6 is 11.3 Å². The summed E-state index contributed by atoms with van der Waals surface area (Å²) in [6, 6.07) is 8.68. The quantitative estimate of drug-likeness (QED) is 0.712. The third-order valence-electron chi connectivity index (χ3n) is 6.33. The van der Waals surface area contributed by atoms with Crippen molar-refractivity contribution >= 4 is 28.1 Å². The van der Waals surface area contributed by atoms with Crippen LogP contribution in [-0.2, 0) is 17.6 Å². The fraction of sp³-hybridized carbons (Fsp3) is 0.545. The van der Waals surface area contributed by atoms with Gasteiger partial charge >= 0.3 is 0 Å². The Morgan fingerprint density at radius 3 is 2.74 bits per heavy atom. The van der Waals surface area contributed by atoms with Crippen molar-refractivity contribution in [2.75, 3.05) is 5.32 Å². The molecule has 1 aromatic heterocycles. The molecule has 27 heavy (non-hydrogen) atoms. The van der Waals surface area contributed by atoms with Gasteiger partial charge in [0.05, 0.1) is 12.1 Å². The van der Waals surface area contributed by atoms with Crippen LogP contribution in [0.1, 0.15) is 50.8 Å². The number of thiazole rings is 1. The Morgan fingerprint density at radius 1 is 1.26 bits per heavy atom. The van der Waals surface area contributed by atoms with Gasteiger partial charge in [0.1, 0.15) is 0 Å². The molecular weight excluding hydrogens is 354 g/mol.